The smallest absolute Gasteiger partial charge is 0.396 e. The van der Waals surface area contributed by atoms with E-state index in [1.165, 1.54) is 0 Å². The predicted molar refractivity (Wildman–Crippen MR) is 52.1 cm³/mol. The van der Waals surface area contributed by atoms with E-state index in [9.17, 15) is 13.2 Å². The second-order valence-corrected chi connectivity index (χ2v) is 3.37. The molecule has 0 saturated carbocycles. The van der Waals surface area contributed by atoms with Gasteiger partial charge < -0.3 is 5.73 Å². The van der Waals surface area contributed by atoms with Gasteiger partial charge in [0.05, 0.1) is 27.9 Å². The summed E-state index contributed by atoms with van der Waals surface area (Å²) in [6.07, 6.45) is -4.73. The first-order chi connectivity index (χ1) is 6.79. The van der Waals surface area contributed by atoms with Crippen molar-refractivity contribution < 1.29 is 13.2 Å². The first kappa shape index (κ1) is 12.0. The summed E-state index contributed by atoms with van der Waals surface area (Å²) in [6, 6.07) is 0.846. The van der Waals surface area contributed by atoms with E-state index in [4.69, 9.17) is 35.5 Å². The van der Waals surface area contributed by atoms with E-state index in [2.05, 4.69) is 4.85 Å². The first-order valence-corrected chi connectivity index (χ1v) is 4.26. The number of anilines is 1. The zero-order chi connectivity index (χ0) is 11.8. The summed E-state index contributed by atoms with van der Waals surface area (Å²) in [6.45, 7) is 6.60. The number of nitrogen functional groups attached to an aromatic ring is 1. The lowest BCUT2D eigenvalue weighted by Gasteiger charge is -2.13. The molecule has 1 aromatic rings. The third-order valence-electron chi connectivity index (χ3n) is 1.64. The summed E-state index contributed by atoms with van der Waals surface area (Å²) in [7, 11) is 0. The summed E-state index contributed by atoms with van der Waals surface area (Å²) in [5.41, 5.74) is 2.95. The maximum absolute atomic E-state index is 12.5. The Morgan fingerprint density at radius 3 is 2.27 bits per heavy atom. The Balaban J connectivity index is 3.65. The third-order valence-corrected chi connectivity index (χ3v) is 2.34. The number of halogens is 5. The molecule has 0 radical (unpaired) electrons. The van der Waals surface area contributed by atoms with Crippen LogP contribution in [0.4, 0.5) is 24.5 Å². The minimum absolute atomic E-state index is 0.168. The van der Waals surface area contributed by atoms with Crippen LogP contribution in [0.5, 0.6) is 0 Å². The van der Waals surface area contributed by atoms with Gasteiger partial charge in [0.25, 0.3) is 0 Å². The number of benzene rings is 1. The molecule has 15 heavy (non-hydrogen) atoms. The Hall–Kier alpha value is -1.12. The van der Waals surface area contributed by atoms with Gasteiger partial charge in [-0.1, -0.05) is 23.2 Å². The molecule has 0 bridgehead atoms. The molecule has 0 aliphatic heterocycles. The van der Waals surface area contributed by atoms with Gasteiger partial charge in [-0.25, -0.2) is 4.85 Å². The molecule has 1 aromatic carbocycles. The van der Waals surface area contributed by atoms with Crippen molar-refractivity contribution in [2.45, 2.75) is 6.18 Å². The molecule has 0 fully saturated rings. The van der Waals surface area contributed by atoms with Crippen molar-refractivity contribution in [2.24, 2.45) is 0 Å². The maximum Gasteiger partial charge on any atom is 0.408 e. The minimum atomic E-state index is -4.73. The van der Waals surface area contributed by atoms with Gasteiger partial charge in [0, 0.05) is 0 Å². The zero-order valence-corrected chi connectivity index (χ0v) is 8.50. The molecule has 0 heterocycles. The van der Waals surface area contributed by atoms with Crippen LogP contribution in [0.25, 0.3) is 4.85 Å². The van der Waals surface area contributed by atoms with Gasteiger partial charge in [-0.2, -0.15) is 13.2 Å². The first-order valence-electron chi connectivity index (χ1n) is 3.51. The molecule has 7 heteroatoms. The van der Waals surface area contributed by atoms with Crippen molar-refractivity contribution in [1.29, 1.82) is 0 Å². The van der Waals surface area contributed by atoms with Gasteiger partial charge in [0.1, 0.15) is 0 Å². The average Bonchev–Trinajstić information content (AvgIpc) is 2.11. The molecule has 0 aromatic heterocycles. The molecule has 0 atom stereocenters. The fourth-order valence-corrected chi connectivity index (χ4v) is 1.53. The Labute approximate surface area is 93.2 Å². The number of rotatable bonds is 0. The maximum atomic E-state index is 12.5. The van der Waals surface area contributed by atoms with Gasteiger partial charge in [-0.3, -0.25) is 0 Å². The lowest BCUT2D eigenvalue weighted by Crippen LogP contribution is -2.07. The molecule has 80 valence electrons. The number of hydrogen-bond donors (Lipinski definition) is 1. The van der Waals surface area contributed by atoms with Crippen LogP contribution < -0.4 is 5.73 Å². The molecule has 0 unspecified atom stereocenters. The van der Waals surface area contributed by atoms with E-state index in [1.54, 1.807) is 0 Å². The highest BCUT2D eigenvalue weighted by Crippen LogP contribution is 2.46. The predicted octanol–water partition coefficient (Wildman–Crippen LogP) is 4.15. The van der Waals surface area contributed by atoms with E-state index in [1.807, 2.05) is 0 Å². The Bertz CT molecular complexity index is 449. The largest absolute Gasteiger partial charge is 0.408 e. The van der Waals surface area contributed by atoms with Crippen LogP contribution in [0.15, 0.2) is 6.07 Å². The second-order valence-electron chi connectivity index (χ2n) is 2.59. The van der Waals surface area contributed by atoms with Gasteiger partial charge >= 0.3 is 6.18 Å². The van der Waals surface area contributed by atoms with Crippen molar-refractivity contribution in [1.82, 2.24) is 0 Å². The van der Waals surface area contributed by atoms with Crippen molar-refractivity contribution in [2.75, 3.05) is 5.73 Å². The highest BCUT2D eigenvalue weighted by atomic mass is 35.5. The van der Waals surface area contributed by atoms with Crippen LogP contribution in [0.3, 0.4) is 0 Å². The topological polar surface area (TPSA) is 30.4 Å². The third kappa shape index (κ3) is 2.11. The van der Waals surface area contributed by atoms with E-state index in [-0.39, 0.29) is 10.7 Å². The Morgan fingerprint density at radius 2 is 1.87 bits per heavy atom. The number of alkyl halides is 3. The van der Waals surface area contributed by atoms with E-state index in [0.717, 1.165) is 6.07 Å². The van der Waals surface area contributed by atoms with Crippen LogP contribution >= 0.6 is 23.2 Å². The molecule has 0 aliphatic carbocycles. The molecular formula is C8H3Cl2F3N2. The standard InChI is InChI=1S/C8H3Cl2F3N2/c1-15-4-2-3(9)7(14)6(10)5(4)8(11,12)13/h2H,14H2. The number of hydrogen-bond acceptors (Lipinski definition) is 1. The van der Waals surface area contributed by atoms with E-state index in [0.29, 0.717) is 0 Å². The van der Waals surface area contributed by atoms with E-state index < -0.39 is 22.4 Å². The summed E-state index contributed by atoms with van der Waals surface area (Å²) in [5.74, 6) is 0. The molecule has 2 nitrogen and oxygen atoms in total. The monoisotopic (exact) mass is 254 g/mol. The fourth-order valence-electron chi connectivity index (χ4n) is 0.980. The van der Waals surface area contributed by atoms with Crippen molar-refractivity contribution in [3.63, 3.8) is 0 Å². The Kier molecular flexibility index (Phi) is 3.03. The van der Waals surface area contributed by atoms with Gasteiger partial charge in [-0.15, -0.1) is 0 Å². The summed E-state index contributed by atoms with van der Waals surface area (Å²) in [5, 5.41) is -0.903. The molecule has 0 aliphatic rings. The van der Waals surface area contributed by atoms with Crippen LogP contribution in [-0.4, -0.2) is 0 Å². The van der Waals surface area contributed by atoms with Crippen molar-refractivity contribution in [3.05, 3.63) is 33.1 Å². The highest BCUT2D eigenvalue weighted by Gasteiger charge is 2.37. The van der Waals surface area contributed by atoms with Crippen LogP contribution in [-0.2, 0) is 6.18 Å². The lowest BCUT2D eigenvalue weighted by atomic mass is 10.1. The number of nitrogens with zero attached hydrogens (tertiary/aromatic N) is 1. The van der Waals surface area contributed by atoms with Crippen molar-refractivity contribution in [3.8, 4) is 0 Å². The molecule has 1 rings (SSSR count). The second kappa shape index (κ2) is 3.80. The molecule has 0 saturated heterocycles. The lowest BCUT2D eigenvalue weighted by molar-refractivity contribution is -0.136. The minimum Gasteiger partial charge on any atom is -0.396 e. The summed E-state index contributed by atoms with van der Waals surface area (Å²) in [4.78, 5) is 2.71. The normalized spacial score (nSPS) is 11.2. The summed E-state index contributed by atoms with van der Waals surface area (Å²) < 4.78 is 37.4. The van der Waals surface area contributed by atoms with Gasteiger partial charge in [0.15, 0.2) is 0 Å². The van der Waals surface area contributed by atoms with Crippen LogP contribution in [0.1, 0.15) is 5.56 Å². The SMILES string of the molecule is [C-]#[N+]c1cc(Cl)c(N)c(Cl)c1C(F)(F)F. The fraction of sp³-hybridized carbons (Fsp3) is 0.125. The quantitative estimate of drug-likeness (QED) is 0.547. The van der Waals surface area contributed by atoms with Crippen LogP contribution in [0, 0.1) is 6.57 Å². The highest BCUT2D eigenvalue weighted by molar-refractivity contribution is 6.40. The average molecular weight is 255 g/mol. The van der Waals surface area contributed by atoms with E-state index >= 15 is 0 Å². The van der Waals surface area contributed by atoms with Crippen molar-refractivity contribution >= 4 is 34.6 Å². The summed E-state index contributed by atoms with van der Waals surface area (Å²) >= 11 is 10.9. The Morgan fingerprint density at radius 1 is 1.33 bits per heavy atom. The zero-order valence-electron chi connectivity index (χ0n) is 6.99. The number of nitrogens with two attached hydrogens (primary N) is 1. The molecule has 0 amide bonds. The molecule has 0 spiro atoms. The van der Waals surface area contributed by atoms with Gasteiger partial charge in [-0.05, 0) is 6.07 Å². The van der Waals surface area contributed by atoms with Gasteiger partial charge in [0.2, 0.25) is 5.69 Å². The van der Waals surface area contributed by atoms with Crippen LogP contribution in [0.2, 0.25) is 10.0 Å². The molecular weight excluding hydrogens is 252 g/mol. The molecule has 2 N–H and O–H groups in total.